The smallest absolute Gasteiger partial charge is 0.549 e. The van der Waals surface area contributed by atoms with E-state index < -0.39 is 50.1 Å². The van der Waals surface area contributed by atoms with E-state index in [4.69, 9.17) is 0 Å². The molecule has 0 bridgehead atoms. The second-order valence-electron chi connectivity index (χ2n) is 3.91. The molecule has 10 nitrogen and oxygen atoms in total. The Kier molecular flexibility index (Phi) is 11.3. The summed E-state index contributed by atoms with van der Waals surface area (Å²) < 4.78 is 0. The van der Waals surface area contributed by atoms with E-state index in [9.17, 15) is 39.6 Å². The number of carbonyl (C=O) groups excluding carboxylic acids is 4. The third kappa shape index (κ3) is 13.0. The first kappa shape index (κ1) is 21.6. The molecule has 0 radical (unpaired) electrons. The molecule has 0 atom stereocenters. The van der Waals surface area contributed by atoms with E-state index in [1.165, 1.54) is 0 Å². The summed E-state index contributed by atoms with van der Waals surface area (Å²) in [6.07, 6.45) is 0. The van der Waals surface area contributed by atoms with Crippen LogP contribution >= 0.6 is 0 Å². The summed E-state index contributed by atoms with van der Waals surface area (Å²) in [6, 6.07) is 0. The van der Waals surface area contributed by atoms with Gasteiger partial charge < -0.3 is 39.6 Å². The van der Waals surface area contributed by atoms with Crippen molar-refractivity contribution in [2.45, 2.75) is 0 Å². The van der Waals surface area contributed by atoms with Gasteiger partial charge in [-0.25, -0.2) is 0 Å². The molecule has 0 fully saturated rings. The molecule has 0 aromatic rings. The summed E-state index contributed by atoms with van der Waals surface area (Å²) in [4.78, 5) is 43.4. The molecule has 0 aromatic heterocycles. The number of rotatable bonds is 11. The molecular formula is C10H12N2NiO8-2. The van der Waals surface area contributed by atoms with Crippen LogP contribution in [0.4, 0.5) is 0 Å². The molecule has 0 spiro atoms. The number of hydrogen-bond donors (Lipinski definition) is 0. The minimum atomic E-state index is -1.53. The van der Waals surface area contributed by atoms with Crippen LogP contribution in [-0.4, -0.2) is 72.9 Å². The molecule has 0 aliphatic rings. The molecule has 122 valence electrons. The van der Waals surface area contributed by atoms with E-state index in [-0.39, 0.29) is 29.6 Å². The molecule has 0 saturated carbocycles. The maximum absolute atomic E-state index is 10.4. The minimum Gasteiger partial charge on any atom is -0.549 e. The number of carbonyl (C=O) groups is 4. The van der Waals surface area contributed by atoms with Gasteiger partial charge in [0, 0.05) is 39.3 Å². The third-order valence-electron chi connectivity index (χ3n) is 2.14. The fourth-order valence-electron chi connectivity index (χ4n) is 1.44. The summed E-state index contributed by atoms with van der Waals surface area (Å²) in [5.74, 6) is -6.12. The maximum Gasteiger partial charge on any atom is 2.00 e. The quantitative estimate of drug-likeness (QED) is 0.327. The van der Waals surface area contributed by atoms with Gasteiger partial charge in [-0.1, -0.05) is 0 Å². The van der Waals surface area contributed by atoms with Gasteiger partial charge in [0.05, 0.1) is 23.9 Å². The molecule has 0 aromatic carbocycles. The monoisotopic (exact) mass is 346 g/mol. The molecule has 21 heavy (non-hydrogen) atoms. The van der Waals surface area contributed by atoms with Crippen molar-refractivity contribution >= 4 is 23.9 Å². The standard InChI is InChI=1S/C10H16N2O8.Ni/c13-7(14)3-11(4-8(15)16)1-2-12(5-9(17)18)6-10(19)20;/h1-6H2,(H,13,14)(H,15,16)(H,17,18)(H,19,20);/q;+2/p-4. The molecule has 0 rings (SSSR count). The van der Waals surface area contributed by atoms with E-state index in [0.717, 1.165) is 9.80 Å². The van der Waals surface area contributed by atoms with Crippen molar-refractivity contribution in [1.82, 2.24) is 9.80 Å². The fourth-order valence-corrected chi connectivity index (χ4v) is 1.44. The molecule has 0 unspecified atom stereocenters. The summed E-state index contributed by atoms with van der Waals surface area (Å²) in [5, 5.41) is 41.6. The Morgan fingerprint density at radius 1 is 0.571 bits per heavy atom. The van der Waals surface area contributed by atoms with Crippen LogP contribution in [0, 0.1) is 0 Å². The number of carboxylic acid groups (broad SMARTS) is 4. The Morgan fingerprint density at radius 3 is 0.905 bits per heavy atom. The first-order chi connectivity index (χ1) is 9.20. The second kappa shape index (κ2) is 11.0. The van der Waals surface area contributed by atoms with Gasteiger partial charge in [-0.3, -0.25) is 9.80 Å². The van der Waals surface area contributed by atoms with Crippen molar-refractivity contribution in [2.75, 3.05) is 39.3 Å². The SMILES string of the molecule is O=C([O-])CN(CCN(CC(=O)[O-])CC(=O)[O-])CC(=O)[O-].[Ni+2]. The van der Waals surface area contributed by atoms with Gasteiger partial charge in [-0.05, 0) is 0 Å². The Labute approximate surface area is 129 Å². The molecule has 11 heteroatoms. The zero-order valence-corrected chi connectivity index (χ0v) is 11.7. The first-order valence-electron chi connectivity index (χ1n) is 5.44. The largest absolute Gasteiger partial charge is 2.00 e. The summed E-state index contributed by atoms with van der Waals surface area (Å²) >= 11 is 0. The summed E-state index contributed by atoms with van der Waals surface area (Å²) in [7, 11) is 0. The van der Waals surface area contributed by atoms with E-state index in [2.05, 4.69) is 0 Å². The van der Waals surface area contributed by atoms with Gasteiger partial charge in [-0.15, -0.1) is 0 Å². The first-order valence-corrected chi connectivity index (χ1v) is 5.44. The van der Waals surface area contributed by atoms with E-state index in [1.54, 1.807) is 0 Å². The number of carboxylic acids is 4. The summed E-state index contributed by atoms with van der Waals surface area (Å²) in [6.45, 7) is -3.25. The van der Waals surface area contributed by atoms with Crippen LogP contribution in [0.15, 0.2) is 0 Å². The Hall–Kier alpha value is -1.71. The van der Waals surface area contributed by atoms with Crippen LogP contribution in [0.1, 0.15) is 0 Å². The third-order valence-corrected chi connectivity index (χ3v) is 2.14. The molecule has 0 amide bonds. The summed E-state index contributed by atoms with van der Waals surface area (Å²) in [5.41, 5.74) is 0. The van der Waals surface area contributed by atoms with Crippen LogP contribution in [0.5, 0.6) is 0 Å². The predicted octanol–water partition coefficient (Wildman–Crippen LogP) is -7.41. The van der Waals surface area contributed by atoms with Gasteiger partial charge in [0.15, 0.2) is 0 Å². The van der Waals surface area contributed by atoms with Crippen molar-refractivity contribution in [1.29, 1.82) is 0 Å². The number of nitrogens with zero attached hydrogens (tertiary/aromatic N) is 2. The zero-order valence-electron chi connectivity index (χ0n) is 10.7. The maximum atomic E-state index is 10.4. The normalized spacial score (nSPS) is 10.2. The topological polar surface area (TPSA) is 167 Å². The molecular weight excluding hydrogens is 335 g/mol. The Balaban J connectivity index is 0. The van der Waals surface area contributed by atoms with Crippen molar-refractivity contribution in [2.24, 2.45) is 0 Å². The van der Waals surface area contributed by atoms with Crippen molar-refractivity contribution in [3.63, 3.8) is 0 Å². The van der Waals surface area contributed by atoms with Crippen LogP contribution in [0.3, 0.4) is 0 Å². The van der Waals surface area contributed by atoms with Crippen LogP contribution in [-0.2, 0) is 35.7 Å². The molecule has 0 N–H and O–H groups in total. The van der Waals surface area contributed by atoms with Gasteiger partial charge >= 0.3 is 16.5 Å². The van der Waals surface area contributed by atoms with E-state index in [1.807, 2.05) is 0 Å². The van der Waals surface area contributed by atoms with Gasteiger partial charge in [-0.2, -0.15) is 0 Å². The van der Waals surface area contributed by atoms with Gasteiger partial charge in [0.1, 0.15) is 0 Å². The number of aliphatic carboxylic acids is 4. The van der Waals surface area contributed by atoms with Crippen LogP contribution in [0.25, 0.3) is 0 Å². The van der Waals surface area contributed by atoms with E-state index >= 15 is 0 Å². The van der Waals surface area contributed by atoms with Crippen LogP contribution in [0.2, 0.25) is 0 Å². The Bertz CT molecular complexity index is 321. The predicted molar refractivity (Wildman–Crippen MR) is 52.9 cm³/mol. The van der Waals surface area contributed by atoms with Gasteiger partial charge in [0.25, 0.3) is 0 Å². The van der Waals surface area contributed by atoms with Crippen molar-refractivity contribution < 1.29 is 56.1 Å². The van der Waals surface area contributed by atoms with Crippen molar-refractivity contribution in [3.05, 3.63) is 0 Å². The van der Waals surface area contributed by atoms with E-state index in [0.29, 0.717) is 0 Å². The number of hydrogen-bond acceptors (Lipinski definition) is 10. The average molecular weight is 347 g/mol. The minimum absolute atomic E-state index is 0. The second-order valence-corrected chi connectivity index (χ2v) is 3.91. The molecule has 0 aliphatic heterocycles. The van der Waals surface area contributed by atoms with Crippen LogP contribution < -0.4 is 20.4 Å². The molecule has 0 saturated heterocycles. The Morgan fingerprint density at radius 2 is 0.762 bits per heavy atom. The van der Waals surface area contributed by atoms with Crippen molar-refractivity contribution in [3.8, 4) is 0 Å². The fraction of sp³-hybridized carbons (Fsp3) is 0.600. The van der Waals surface area contributed by atoms with Gasteiger partial charge in [0.2, 0.25) is 0 Å². The molecule has 0 heterocycles. The zero-order chi connectivity index (χ0) is 15.7. The average Bonchev–Trinajstić information content (AvgIpc) is 2.22. The molecule has 0 aliphatic carbocycles.